The molecule has 0 saturated heterocycles. The van der Waals surface area contributed by atoms with Crippen molar-refractivity contribution in [2.24, 2.45) is 0 Å². The van der Waals surface area contributed by atoms with Gasteiger partial charge >= 0.3 is 0 Å². The SMILES string of the molecule is C=C(Br)CNC(C)c1ccc(Cl)cc1Cl. The highest BCUT2D eigenvalue weighted by molar-refractivity contribution is 9.11. The van der Waals surface area contributed by atoms with Crippen LogP contribution in [-0.4, -0.2) is 6.54 Å². The molecule has 0 aliphatic rings. The van der Waals surface area contributed by atoms with Gasteiger partial charge in [-0.2, -0.15) is 0 Å². The molecule has 0 radical (unpaired) electrons. The predicted octanol–water partition coefficient (Wildman–Crippen LogP) is 4.55. The van der Waals surface area contributed by atoms with Crippen LogP contribution in [-0.2, 0) is 0 Å². The second kappa shape index (κ2) is 5.90. The number of hydrogen-bond donors (Lipinski definition) is 1. The van der Waals surface area contributed by atoms with Gasteiger partial charge in [-0.25, -0.2) is 0 Å². The fourth-order valence-electron chi connectivity index (χ4n) is 1.23. The zero-order valence-corrected chi connectivity index (χ0v) is 11.5. The molecule has 0 bridgehead atoms. The molecule has 0 heterocycles. The van der Waals surface area contributed by atoms with Crippen LogP contribution in [0.1, 0.15) is 18.5 Å². The largest absolute Gasteiger partial charge is 0.306 e. The van der Waals surface area contributed by atoms with Gasteiger partial charge in [0.25, 0.3) is 0 Å². The maximum atomic E-state index is 6.08. The summed E-state index contributed by atoms with van der Waals surface area (Å²) in [6, 6.07) is 5.69. The Kier molecular flexibility index (Phi) is 5.13. The maximum Gasteiger partial charge on any atom is 0.0468 e. The number of nitrogens with one attached hydrogen (secondary N) is 1. The minimum atomic E-state index is 0.170. The van der Waals surface area contributed by atoms with Crippen molar-refractivity contribution in [1.82, 2.24) is 5.32 Å². The van der Waals surface area contributed by atoms with Crippen LogP contribution in [0, 0.1) is 0 Å². The molecule has 0 aromatic heterocycles. The molecule has 0 aliphatic carbocycles. The molecule has 1 aromatic carbocycles. The zero-order chi connectivity index (χ0) is 11.4. The van der Waals surface area contributed by atoms with Crippen molar-refractivity contribution in [2.75, 3.05) is 6.54 Å². The quantitative estimate of drug-likeness (QED) is 0.860. The number of rotatable bonds is 4. The first kappa shape index (κ1) is 13.0. The van der Waals surface area contributed by atoms with Gasteiger partial charge in [0.1, 0.15) is 0 Å². The van der Waals surface area contributed by atoms with E-state index in [0.717, 1.165) is 10.0 Å². The lowest BCUT2D eigenvalue weighted by Crippen LogP contribution is -2.19. The van der Waals surface area contributed by atoms with Crippen molar-refractivity contribution in [3.05, 3.63) is 44.9 Å². The molecule has 15 heavy (non-hydrogen) atoms. The van der Waals surface area contributed by atoms with Gasteiger partial charge in [-0.15, -0.1) is 0 Å². The molecule has 1 aromatic rings. The molecule has 1 rings (SSSR count). The van der Waals surface area contributed by atoms with Crippen LogP contribution in [0.2, 0.25) is 10.0 Å². The summed E-state index contributed by atoms with van der Waals surface area (Å²) in [5.41, 5.74) is 1.04. The van der Waals surface area contributed by atoms with E-state index in [1.807, 2.05) is 19.1 Å². The van der Waals surface area contributed by atoms with Crippen molar-refractivity contribution < 1.29 is 0 Å². The van der Waals surface area contributed by atoms with Gasteiger partial charge in [-0.3, -0.25) is 0 Å². The average molecular weight is 309 g/mol. The minimum Gasteiger partial charge on any atom is -0.306 e. The van der Waals surface area contributed by atoms with Crippen LogP contribution in [0.15, 0.2) is 29.3 Å². The topological polar surface area (TPSA) is 12.0 Å². The molecule has 82 valence electrons. The van der Waals surface area contributed by atoms with Crippen LogP contribution in [0.5, 0.6) is 0 Å². The lowest BCUT2D eigenvalue weighted by molar-refractivity contribution is 0.616. The highest BCUT2D eigenvalue weighted by Crippen LogP contribution is 2.26. The van der Waals surface area contributed by atoms with E-state index in [-0.39, 0.29) is 6.04 Å². The van der Waals surface area contributed by atoms with Crippen LogP contribution < -0.4 is 5.32 Å². The Balaban J connectivity index is 2.73. The number of halogens is 3. The summed E-state index contributed by atoms with van der Waals surface area (Å²) in [7, 11) is 0. The lowest BCUT2D eigenvalue weighted by atomic mass is 10.1. The summed E-state index contributed by atoms with van der Waals surface area (Å²) in [4.78, 5) is 0. The van der Waals surface area contributed by atoms with E-state index in [0.29, 0.717) is 16.6 Å². The summed E-state index contributed by atoms with van der Waals surface area (Å²) in [5.74, 6) is 0. The standard InChI is InChI=1S/C11H12BrCl2N/c1-7(12)6-15-8(2)10-4-3-9(13)5-11(10)14/h3-5,8,15H,1,6H2,2H3. The maximum absolute atomic E-state index is 6.08. The molecule has 0 saturated carbocycles. The first-order valence-electron chi connectivity index (χ1n) is 4.52. The predicted molar refractivity (Wildman–Crippen MR) is 70.9 cm³/mol. The molecule has 1 unspecified atom stereocenters. The molecule has 0 aliphatic heterocycles. The smallest absolute Gasteiger partial charge is 0.0468 e. The Morgan fingerprint density at radius 3 is 2.73 bits per heavy atom. The Labute approximate surface area is 109 Å². The fourth-order valence-corrected chi connectivity index (χ4v) is 1.96. The second-order valence-electron chi connectivity index (χ2n) is 3.29. The van der Waals surface area contributed by atoms with Gasteiger partial charge in [-0.1, -0.05) is 51.8 Å². The molecule has 0 spiro atoms. The Bertz CT molecular complexity index is 366. The molecular weight excluding hydrogens is 297 g/mol. The van der Waals surface area contributed by atoms with E-state index < -0.39 is 0 Å². The summed E-state index contributed by atoms with van der Waals surface area (Å²) >= 11 is 15.2. The first-order valence-corrected chi connectivity index (χ1v) is 6.07. The van der Waals surface area contributed by atoms with Gasteiger partial charge in [0.15, 0.2) is 0 Å². The second-order valence-corrected chi connectivity index (χ2v) is 5.25. The highest BCUT2D eigenvalue weighted by atomic mass is 79.9. The van der Waals surface area contributed by atoms with E-state index in [9.17, 15) is 0 Å². The molecule has 4 heteroatoms. The minimum absolute atomic E-state index is 0.170. The molecule has 0 fully saturated rings. The third-order valence-corrected chi connectivity index (χ3v) is 2.87. The van der Waals surface area contributed by atoms with Crippen molar-refractivity contribution in [2.45, 2.75) is 13.0 Å². The molecular formula is C11H12BrCl2N. The molecule has 1 nitrogen and oxygen atoms in total. The van der Waals surface area contributed by atoms with Gasteiger partial charge < -0.3 is 5.32 Å². The van der Waals surface area contributed by atoms with Crippen LogP contribution >= 0.6 is 39.1 Å². The first-order chi connectivity index (χ1) is 7.00. The van der Waals surface area contributed by atoms with E-state index in [1.54, 1.807) is 6.07 Å². The Hall–Kier alpha value is -0.0200. The van der Waals surface area contributed by atoms with E-state index in [2.05, 4.69) is 27.8 Å². The van der Waals surface area contributed by atoms with Crippen LogP contribution in [0.3, 0.4) is 0 Å². The monoisotopic (exact) mass is 307 g/mol. The number of hydrogen-bond acceptors (Lipinski definition) is 1. The normalized spacial score (nSPS) is 12.5. The van der Waals surface area contributed by atoms with E-state index in [1.165, 1.54) is 0 Å². The summed E-state index contributed by atoms with van der Waals surface area (Å²) in [5, 5.41) is 4.62. The van der Waals surface area contributed by atoms with Crippen molar-refractivity contribution >= 4 is 39.1 Å². The van der Waals surface area contributed by atoms with Gasteiger partial charge in [-0.05, 0) is 24.6 Å². The molecule has 0 amide bonds. The van der Waals surface area contributed by atoms with Crippen LogP contribution in [0.25, 0.3) is 0 Å². The summed E-state index contributed by atoms with van der Waals surface area (Å²) in [6.45, 7) is 6.51. The van der Waals surface area contributed by atoms with Gasteiger partial charge in [0.05, 0.1) is 0 Å². The fraction of sp³-hybridized carbons (Fsp3) is 0.273. The average Bonchev–Trinajstić information content (AvgIpc) is 2.14. The highest BCUT2D eigenvalue weighted by Gasteiger charge is 2.09. The zero-order valence-electron chi connectivity index (χ0n) is 8.36. The summed E-state index contributed by atoms with van der Waals surface area (Å²) < 4.78 is 0.916. The third-order valence-electron chi connectivity index (χ3n) is 2.03. The van der Waals surface area contributed by atoms with Crippen molar-refractivity contribution in [3.8, 4) is 0 Å². The summed E-state index contributed by atoms with van der Waals surface area (Å²) in [6.07, 6.45) is 0. The third kappa shape index (κ3) is 4.15. The van der Waals surface area contributed by atoms with Gasteiger partial charge in [0.2, 0.25) is 0 Å². The molecule has 1 atom stereocenters. The molecule has 1 N–H and O–H groups in total. The number of benzene rings is 1. The van der Waals surface area contributed by atoms with Crippen molar-refractivity contribution in [3.63, 3.8) is 0 Å². The van der Waals surface area contributed by atoms with Crippen LogP contribution in [0.4, 0.5) is 0 Å². The van der Waals surface area contributed by atoms with Crippen molar-refractivity contribution in [1.29, 1.82) is 0 Å². The Morgan fingerprint density at radius 1 is 1.53 bits per heavy atom. The van der Waals surface area contributed by atoms with E-state index in [4.69, 9.17) is 23.2 Å². The lowest BCUT2D eigenvalue weighted by Gasteiger charge is -2.15. The van der Waals surface area contributed by atoms with Gasteiger partial charge in [0, 0.05) is 27.1 Å². The van der Waals surface area contributed by atoms with E-state index >= 15 is 0 Å². The Morgan fingerprint density at radius 2 is 2.20 bits per heavy atom.